The number of rotatable bonds is 5. The van der Waals surface area contributed by atoms with E-state index in [4.69, 9.17) is 9.84 Å². The number of carbonyl (C=O) groups is 2. The molecule has 1 N–H and O–H groups in total. The molecule has 1 saturated heterocycles. The van der Waals surface area contributed by atoms with Gasteiger partial charge in [0, 0.05) is 25.2 Å². The summed E-state index contributed by atoms with van der Waals surface area (Å²) < 4.78 is 5.50. The van der Waals surface area contributed by atoms with Gasteiger partial charge < -0.3 is 14.7 Å². The molecule has 1 heterocycles. The maximum absolute atomic E-state index is 12.4. The Labute approximate surface area is 132 Å². The molecule has 1 amide bonds. The van der Waals surface area contributed by atoms with Crippen LogP contribution >= 0.6 is 0 Å². The van der Waals surface area contributed by atoms with Gasteiger partial charge in [-0.15, -0.1) is 0 Å². The number of aliphatic carboxylic acids is 1. The number of likely N-dealkylation sites (tertiary alicyclic amines) is 1. The van der Waals surface area contributed by atoms with Gasteiger partial charge in [0.2, 0.25) is 0 Å². The molecule has 1 atom stereocenters. The first kappa shape index (κ1) is 17.1. The average Bonchev–Trinajstić information content (AvgIpc) is 3.20. The fraction of sp³-hybridized carbons (Fsp3) is 0.875. The molecule has 0 radical (unpaired) electrons. The highest BCUT2D eigenvalue weighted by molar-refractivity contribution is 5.69. The summed E-state index contributed by atoms with van der Waals surface area (Å²) >= 11 is 0. The average molecular weight is 312 g/mol. The van der Waals surface area contributed by atoms with E-state index >= 15 is 0 Å². The lowest BCUT2D eigenvalue weighted by Gasteiger charge is -2.39. The third-order valence-corrected chi connectivity index (χ3v) is 4.10. The van der Waals surface area contributed by atoms with Crippen LogP contribution in [0.4, 0.5) is 4.79 Å². The summed E-state index contributed by atoms with van der Waals surface area (Å²) in [4.78, 5) is 27.2. The van der Waals surface area contributed by atoms with Crippen LogP contribution in [-0.4, -0.2) is 64.3 Å². The van der Waals surface area contributed by atoms with Crippen molar-refractivity contribution < 1.29 is 19.4 Å². The molecule has 1 saturated carbocycles. The molecule has 6 heteroatoms. The van der Waals surface area contributed by atoms with Crippen molar-refractivity contribution in [1.82, 2.24) is 9.80 Å². The van der Waals surface area contributed by atoms with E-state index in [-0.39, 0.29) is 18.7 Å². The van der Waals surface area contributed by atoms with Gasteiger partial charge in [0.1, 0.15) is 5.60 Å². The summed E-state index contributed by atoms with van der Waals surface area (Å²) in [6.45, 7) is 6.99. The zero-order valence-corrected chi connectivity index (χ0v) is 13.9. The summed E-state index contributed by atoms with van der Waals surface area (Å²) in [6, 6.07) is 0.432. The summed E-state index contributed by atoms with van der Waals surface area (Å²) in [7, 11) is 0. The van der Waals surface area contributed by atoms with Crippen LogP contribution in [0.15, 0.2) is 0 Å². The molecule has 0 aromatic heterocycles. The Morgan fingerprint density at radius 1 is 1.23 bits per heavy atom. The van der Waals surface area contributed by atoms with Gasteiger partial charge in [-0.3, -0.25) is 9.69 Å². The SMILES string of the molecule is CC(C)(C)OC(=O)N1CCCC[C@H]1CN(CC(=O)O)C1CC1. The number of nitrogens with zero attached hydrogens (tertiary/aromatic N) is 2. The van der Waals surface area contributed by atoms with Crippen molar-refractivity contribution in [3.8, 4) is 0 Å². The summed E-state index contributed by atoms with van der Waals surface area (Å²) in [5.74, 6) is -0.800. The molecule has 2 fully saturated rings. The number of amides is 1. The Kier molecular flexibility index (Phi) is 5.32. The number of carboxylic acid groups (broad SMARTS) is 1. The maximum atomic E-state index is 12.4. The minimum Gasteiger partial charge on any atom is -0.480 e. The molecule has 0 unspecified atom stereocenters. The smallest absolute Gasteiger partial charge is 0.410 e. The van der Waals surface area contributed by atoms with Crippen LogP contribution in [-0.2, 0) is 9.53 Å². The maximum Gasteiger partial charge on any atom is 0.410 e. The number of carbonyl (C=O) groups excluding carboxylic acids is 1. The van der Waals surface area contributed by atoms with E-state index < -0.39 is 11.6 Å². The normalized spacial score (nSPS) is 22.7. The predicted molar refractivity (Wildman–Crippen MR) is 82.8 cm³/mol. The van der Waals surface area contributed by atoms with Gasteiger partial charge in [-0.25, -0.2) is 4.79 Å². The van der Waals surface area contributed by atoms with Crippen molar-refractivity contribution in [2.24, 2.45) is 0 Å². The second-order valence-electron chi connectivity index (χ2n) is 7.38. The molecular weight excluding hydrogens is 284 g/mol. The minimum absolute atomic E-state index is 0.0588. The van der Waals surface area contributed by atoms with Crippen molar-refractivity contribution in [3.05, 3.63) is 0 Å². The largest absolute Gasteiger partial charge is 0.480 e. The van der Waals surface area contributed by atoms with Crippen LogP contribution in [0, 0.1) is 0 Å². The molecular formula is C16H28N2O4. The molecule has 0 aromatic carbocycles. The van der Waals surface area contributed by atoms with Gasteiger partial charge in [-0.05, 0) is 52.9 Å². The third kappa shape index (κ3) is 5.16. The Bertz CT molecular complexity index is 415. The highest BCUT2D eigenvalue weighted by atomic mass is 16.6. The van der Waals surface area contributed by atoms with E-state index in [0.717, 1.165) is 32.1 Å². The summed E-state index contributed by atoms with van der Waals surface area (Å²) in [5.41, 5.74) is -0.504. The standard InChI is InChI=1S/C16H28N2O4/c1-16(2,3)22-15(21)18-9-5-4-6-13(18)10-17(11-14(19)20)12-7-8-12/h12-13H,4-11H2,1-3H3,(H,19,20)/t13-/m0/s1. The first-order chi connectivity index (χ1) is 10.3. The van der Waals surface area contributed by atoms with Gasteiger partial charge in [0.05, 0.1) is 6.54 Å². The number of carboxylic acids is 1. The fourth-order valence-corrected chi connectivity index (χ4v) is 2.98. The quantitative estimate of drug-likeness (QED) is 0.843. The fourth-order valence-electron chi connectivity index (χ4n) is 2.98. The van der Waals surface area contributed by atoms with Crippen LogP contribution in [0.1, 0.15) is 52.9 Å². The lowest BCUT2D eigenvalue weighted by atomic mass is 10.0. The van der Waals surface area contributed by atoms with E-state index in [2.05, 4.69) is 0 Å². The molecule has 0 aromatic rings. The Morgan fingerprint density at radius 3 is 2.45 bits per heavy atom. The predicted octanol–water partition coefficient (Wildman–Crippen LogP) is 2.33. The Hall–Kier alpha value is -1.30. The molecule has 1 aliphatic carbocycles. The minimum atomic E-state index is -0.800. The van der Waals surface area contributed by atoms with Gasteiger partial charge >= 0.3 is 12.1 Å². The first-order valence-electron chi connectivity index (χ1n) is 8.22. The van der Waals surface area contributed by atoms with Crippen molar-refractivity contribution >= 4 is 12.1 Å². The third-order valence-electron chi connectivity index (χ3n) is 4.10. The van der Waals surface area contributed by atoms with Crippen molar-refractivity contribution in [2.75, 3.05) is 19.6 Å². The van der Waals surface area contributed by atoms with Crippen LogP contribution in [0.25, 0.3) is 0 Å². The molecule has 0 spiro atoms. The van der Waals surface area contributed by atoms with Gasteiger partial charge in [0.25, 0.3) is 0 Å². The number of piperidine rings is 1. The number of hydrogen-bond acceptors (Lipinski definition) is 4. The van der Waals surface area contributed by atoms with Crippen molar-refractivity contribution in [3.63, 3.8) is 0 Å². The van der Waals surface area contributed by atoms with Gasteiger partial charge in [0.15, 0.2) is 0 Å². The summed E-state index contributed by atoms with van der Waals surface area (Å²) in [6.07, 6.45) is 4.83. The van der Waals surface area contributed by atoms with E-state index in [0.29, 0.717) is 19.1 Å². The topological polar surface area (TPSA) is 70.1 Å². The molecule has 126 valence electrons. The van der Waals surface area contributed by atoms with Crippen LogP contribution < -0.4 is 0 Å². The first-order valence-corrected chi connectivity index (χ1v) is 8.22. The van der Waals surface area contributed by atoms with Gasteiger partial charge in [-0.1, -0.05) is 0 Å². The molecule has 2 aliphatic rings. The van der Waals surface area contributed by atoms with E-state index in [1.807, 2.05) is 25.7 Å². The Balaban J connectivity index is 1.99. The van der Waals surface area contributed by atoms with E-state index in [1.54, 1.807) is 4.90 Å². The summed E-state index contributed by atoms with van der Waals surface area (Å²) in [5, 5.41) is 9.07. The second-order valence-corrected chi connectivity index (χ2v) is 7.38. The highest BCUT2D eigenvalue weighted by Crippen LogP contribution is 2.29. The lowest BCUT2D eigenvalue weighted by Crippen LogP contribution is -2.51. The van der Waals surface area contributed by atoms with Crippen LogP contribution in [0.3, 0.4) is 0 Å². The van der Waals surface area contributed by atoms with Crippen LogP contribution in [0.5, 0.6) is 0 Å². The zero-order chi connectivity index (χ0) is 16.3. The molecule has 2 rings (SSSR count). The lowest BCUT2D eigenvalue weighted by molar-refractivity contribution is -0.138. The molecule has 1 aliphatic heterocycles. The van der Waals surface area contributed by atoms with Crippen molar-refractivity contribution in [2.45, 2.75) is 70.6 Å². The number of hydrogen-bond donors (Lipinski definition) is 1. The van der Waals surface area contributed by atoms with Crippen LogP contribution in [0.2, 0.25) is 0 Å². The molecule has 0 bridgehead atoms. The zero-order valence-electron chi connectivity index (χ0n) is 13.9. The second kappa shape index (κ2) is 6.86. The molecule has 6 nitrogen and oxygen atoms in total. The van der Waals surface area contributed by atoms with E-state index in [1.165, 1.54) is 0 Å². The molecule has 22 heavy (non-hydrogen) atoms. The number of ether oxygens (including phenoxy) is 1. The van der Waals surface area contributed by atoms with Crippen molar-refractivity contribution in [1.29, 1.82) is 0 Å². The highest BCUT2D eigenvalue weighted by Gasteiger charge is 2.36. The van der Waals surface area contributed by atoms with Gasteiger partial charge in [-0.2, -0.15) is 0 Å². The van der Waals surface area contributed by atoms with E-state index in [9.17, 15) is 9.59 Å². The Morgan fingerprint density at radius 2 is 1.91 bits per heavy atom. The monoisotopic (exact) mass is 312 g/mol.